The van der Waals surface area contributed by atoms with Crippen molar-refractivity contribution in [1.82, 2.24) is 4.90 Å². The molecule has 1 heterocycles. The van der Waals surface area contributed by atoms with Gasteiger partial charge in [0.1, 0.15) is 0 Å². The fraction of sp³-hybridized carbons (Fsp3) is 0.500. The summed E-state index contributed by atoms with van der Waals surface area (Å²) in [6.07, 6.45) is 3.46. The maximum atomic E-state index is 12.1. The molecule has 92 valence electrons. The number of urea groups is 1. The Morgan fingerprint density at radius 1 is 1.41 bits per heavy atom. The van der Waals surface area contributed by atoms with Gasteiger partial charge in [0.2, 0.25) is 0 Å². The average Bonchev–Trinajstić information content (AvgIpc) is 2.29. The van der Waals surface area contributed by atoms with E-state index in [4.69, 9.17) is 0 Å². The molecule has 1 saturated heterocycles. The van der Waals surface area contributed by atoms with E-state index in [1.807, 2.05) is 36.1 Å². The topological polar surface area (TPSA) is 32.3 Å². The van der Waals surface area contributed by atoms with E-state index >= 15 is 0 Å². The molecule has 1 N–H and O–H groups in total. The van der Waals surface area contributed by atoms with Gasteiger partial charge in [-0.15, -0.1) is 0 Å². The molecule has 0 aromatic heterocycles. The number of rotatable bonds is 1. The summed E-state index contributed by atoms with van der Waals surface area (Å²) in [6, 6.07) is 8.30. The number of nitrogens with zero attached hydrogens (tertiary/aromatic N) is 1. The second-order valence-electron chi connectivity index (χ2n) is 4.84. The number of carbonyl (C=O) groups excluding carboxylic acids is 1. The molecule has 1 aliphatic rings. The minimum atomic E-state index is 0.0304. The molecule has 0 bridgehead atoms. The van der Waals surface area contributed by atoms with Crippen molar-refractivity contribution in [2.24, 2.45) is 0 Å². The quantitative estimate of drug-likeness (QED) is 0.790. The number of nitrogens with one attached hydrogen (secondary N) is 1. The predicted molar refractivity (Wildman–Crippen MR) is 70.2 cm³/mol. The van der Waals surface area contributed by atoms with Gasteiger partial charge in [-0.1, -0.05) is 12.1 Å². The zero-order valence-corrected chi connectivity index (χ0v) is 10.6. The van der Waals surface area contributed by atoms with Gasteiger partial charge in [-0.25, -0.2) is 4.79 Å². The van der Waals surface area contributed by atoms with Crippen molar-refractivity contribution < 1.29 is 4.79 Å². The molecule has 17 heavy (non-hydrogen) atoms. The van der Waals surface area contributed by atoms with Gasteiger partial charge in [-0.05, 0) is 50.8 Å². The first-order chi connectivity index (χ1) is 8.16. The van der Waals surface area contributed by atoms with Crippen molar-refractivity contribution in [3.05, 3.63) is 29.8 Å². The number of carbonyl (C=O) groups is 1. The van der Waals surface area contributed by atoms with Gasteiger partial charge in [0, 0.05) is 18.3 Å². The lowest BCUT2D eigenvalue weighted by molar-refractivity contribution is 0.170. The summed E-state index contributed by atoms with van der Waals surface area (Å²) in [5.74, 6) is 0. The van der Waals surface area contributed by atoms with Crippen molar-refractivity contribution >= 4 is 11.7 Å². The first kappa shape index (κ1) is 12.0. The van der Waals surface area contributed by atoms with Crippen LogP contribution in [0.2, 0.25) is 0 Å². The second kappa shape index (κ2) is 5.21. The van der Waals surface area contributed by atoms with Crippen LogP contribution < -0.4 is 5.32 Å². The standard InChI is InChI=1S/C14H20N2O/c1-11-6-5-8-13(10-11)15-14(17)16-9-4-3-7-12(16)2/h5-6,8,10,12H,3-4,7,9H2,1-2H3,(H,15,17). The molecule has 1 aromatic carbocycles. The summed E-state index contributed by atoms with van der Waals surface area (Å²) in [4.78, 5) is 14.0. The first-order valence-electron chi connectivity index (χ1n) is 6.31. The van der Waals surface area contributed by atoms with Crippen LogP contribution in [-0.4, -0.2) is 23.5 Å². The Balaban J connectivity index is 2.01. The molecule has 3 nitrogen and oxygen atoms in total. The minimum Gasteiger partial charge on any atom is -0.322 e. The lowest BCUT2D eigenvalue weighted by atomic mass is 10.0. The van der Waals surface area contributed by atoms with E-state index in [-0.39, 0.29) is 6.03 Å². The van der Waals surface area contributed by atoms with E-state index in [0.29, 0.717) is 6.04 Å². The fourth-order valence-corrected chi connectivity index (χ4v) is 2.32. The second-order valence-corrected chi connectivity index (χ2v) is 4.84. The molecule has 2 amide bonds. The van der Waals surface area contributed by atoms with Crippen LogP contribution in [0.15, 0.2) is 24.3 Å². The first-order valence-corrected chi connectivity index (χ1v) is 6.31. The molecule has 1 aliphatic heterocycles. The highest BCUT2D eigenvalue weighted by Gasteiger charge is 2.22. The number of anilines is 1. The largest absolute Gasteiger partial charge is 0.322 e. The molecule has 1 fully saturated rings. The van der Waals surface area contributed by atoms with Crippen molar-refractivity contribution in [2.75, 3.05) is 11.9 Å². The molecule has 1 aromatic rings. The SMILES string of the molecule is Cc1cccc(NC(=O)N2CCCCC2C)c1. The number of piperidine rings is 1. The summed E-state index contributed by atoms with van der Waals surface area (Å²) in [5, 5.41) is 2.97. The van der Waals surface area contributed by atoms with Crippen LogP contribution in [-0.2, 0) is 0 Å². The van der Waals surface area contributed by atoms with Crippen LogP contribution in [0.3, 0.4) is 0 Å². The van der Waals surface area contributed by atoms with Crippen LogP contribution in [0, 0.1) is 6.92 Å². The lowest BCUT2D eigenvalue weighted by Gasteiger charge is -2.33. The van der Waals surface area contributed by atoms with E-state index < -0.39 is 0 Å². The smallest absolute Gasteiger partial charge is 0.322 e. The molecular weight excluding hydrogens is 212 g/mol. The lowest BCUT2D eigenvalue weighted by Crippen LogP contribution is -2.44. The van der Waals surface area contributed by atoms with E-state index in [1.165, 1.54) is 6.42 Å². The van der Waals surface area contributed by atoms with Crippen LogP contribution in [0.1, 0.15) is 31.7 Å². The molecule has 0 aliphatic carbocycles. The van der Waals surface area contributed by atoms with Crippen LogP contribution in [0.4, 0.5) is 10.5 Å². The van der Waals surface area contributed by atoms with Crippen molar-refractivity contribution in [3.8, 4) is 0 Å². The summed E-state index contributed by atoms with van der Waals surface area (Å²) in [7, 11) is 0. The third-order valence-corrected chi connectivity index (χ3v) is 3.33. The van der Waals surface area contributed by atoms with E-state index in [1.54, 1.807) is 0 Å². The van der Waals surface area contributed by atoms with Gasteiger partial charge in [0.25, 0.3) is 0 Å². The highest BCUT2D eigenvalue weighted by Crippen LogP contribution is 2.18. The number of hydrogen-bond donors (Lipinski definition) is 1. The summed E-state index contributed by atoms with van der Waals surface area (Å²) < 4.78 is 0. The number of benzene rings is 1. The molecule has 0 radical (unpaired) electrons. The Morgan fingerprint density at radius 2 is 2.24 bits per heavy atom. The maximum Gasteiger partial charge on any atom is 0.322 e. The number of hydrogen-bond acceptors (Lipinski definition) is 1. The number of amides is 2. The fourth-order valence-electron chi connectivity index (χ4n) is 2.32. The maximum absolute atomic E-state index is 12.1. The Labute approximate surface area is 103 Å². The molecule has 0 saturated carbocycles. The van der Waals surface area contributed by atoms with E-state index in [0.717, 1.165) is 30.6 Å². The Morgan fingerprint density at radius 3 is 2.94 bits per heavy atom. The molecule has 1 unspecified atom stereocenters. The molecule has 1 atom stereocenters. The van der Waals surface area contributed by atoms with Gasteiger partial charge >= 0.3 is 6.03 Å². The normalized spacial score (nSPS) is 20.1. The van der Waals surface area contributed by atoms with Gasteiger partial charge in [-0.2, -0.15) is 0 Å². The molecule has 3 heteroatoms. The zero-order chi connectivity index (χ0) is 12.3. The van der Waals surface area contributed by atoms with Crippen LogP contribution in [0.5, 0.6) is 0 Å². The van der Waals surface area contributed by atoms with Crippen molar-refractivity contribution in [1.29, 1.82) is 0 Å². The van der Waals surface area contributed by atoms with Gasteiger partial charge in [0.05, 0.1) is 0 Å². The Hall–Kier alpha value is -1.51. The third kappa shape index (κ3) is 2.99. The minimum absolute atomic E-state index is 0.0304. The highest BCUT2D eigenvalue weighted by molar-refractivity contribution is 5.89. The van der Waals surface area contributed by atoms with Crippen molar-refractivity contribution in [3.63, 3.8) is 0 Å². The molecular formula is C14H20N2O. The molecule has 2 rings (SSSR count). The predicted octanol–water partition coefficient (Wildman–Crippen LogP) is 3.40. The van der Waals surface area contributed by atoms with Crippen LogP contribution >= 0.6 is 0 Å². The van der Waals surface area contributed by atoms with E-state index in [2.05, 4.69) is 12.2 Å². The van der Waals surface area contributed by atoms with Crippen molar-refractivity contribution in [2.45, 2.75) is 39.2 Å². The highest BCUT2D eigenvalue weighted by atomic mass is 16.2. The number of likely N-dealkylation sites (tertiary alicyclic amines) is 1. The Bertz CT molecular complexity index is 403. The Kier molecular flexibility index (Phi) is 3.67. The molecule has 0 spiro atoms. The third-order valence-electron chi connectivity index (χ3n) is 3.33. The summed E-state index contributed by atoms with van der Waals surface area (Å²) in [5.41, 5.74) is 2.04. The monoisotopic (exact) mass is 232 g/mol. The van der Waals surface area contributed by atoms with Gasteiger partial charge in [-0.3, -0.25) is 0 Å². The zero-order valence-electron chi connectivity index (χ0n) is 10.6. The van der Waals surface area contributed by atoms with Gasteiger partial charge < -0.3 is 10.2 Å². The summed E-state index contributed by atoms with van der Waals surface area (Å²) >= 11 is 0. The average molecular weight is 232 g/mol. The summed E-state index contributed by atoms with van der Waals surface area (Å²) in [6.45, 7) is 5.02. The van der Waals surface area contributed by atoms with Gasteiger partial charge in [0.15, 0.2) is 0 Å². The number of aryl methyl sites for hydroxylation is 1. The van der Waals surface area contributed by atoms with E-state index in [9.17, 15) is 4.79 Å². The van der Waals surface area contributed by atoms with Crippen LogP contribution in [0.25, 0.3) is 0 Å².